The molecule has 0 saturated heterocycles. The van der Waals surface area contributed by atoms with Crippen molar-refractivity contribution in [1.82, 2.24) is 0 Å². The van der Waals surface area contributed by atoms with Gasteiger partial charge in [0.1, 0.15) is 0 Å². The molecular formula is C18H28O2. The molecule has 0 bridgehead atoms. The monoisotopic (exact) mass is 276 g/mol. The van der Waals surface area contributed by atoms with E-state index in [0.717, 1.165) is 6.42 Å². The summed E-state index contributed by atoms with van der Waals surface area (Å²) in [6.45, 7) is 11.6. The van der Waals surface area contributed by atoms with E-state index in [-0.39, 0.29) is 11.2 Å². The van der Waals surface area contributed by atoms with Crippen LogP contribution in [0.2, 0.25) is 0 Å². The number of fused-ring (bicyclic) bond motifs is 1. The zero-order valence-corrected chi connectivity index (χ0v) is 13.7. The van der Waals surface area contributed by atoms with Crippen LogP contribution in [-0.2, 0) is 6.42 Å². The van der Waals surface area contributed by atoms with Crippen LogP contribution in [0, 0.1) is 17.3 Å². The van der Waals surface area contributed by atoms with Gasteiger partial charge < -0.3 is 9.84 Å². The molecule has 0 spiro atoms. The van der Waals surface area contributed by atoms with E-state index in [2.05, 4.69) is 40.7 Å². The van der Waals surface area contributed by atoms with Crippen LogP contribution in [0.5, 0.6) is 11.5 Å². The van der Waals surface area contributed by atoms with E-state index >= 15 is 0 Å². The Bertz CT molecular complexity index is 483. The summed E-state index contributed by atoms with van der Waals surface area (Å²) in [5, 5.41) is 10.0. The van der Waals surface area contributed by atoms with E-state index in [9.17, 15) is 5.11 Å². The number of ether oxygens (including phenoxy) is 1. The average Bonchev–Trinajstić information content (AvgIpc) is 2.35. The van der Waals surface area contributed by atoms with Crippen molar-refractivity contribution in [3.05, 3.63) is 23.3 Å². The third-order valence-electron chi connectivity index (χ3n) is 4.74. The van der Waals surface area contributed by atoms with Gasteiger partial charge in [-0.25, -0.2) is 0 Å². The number of phenolic OH excluding ortho intramolecular Hbond substituents is 1. The first-order chi connectivity index (χ1) is 9.25. The zero-order valence-electron chi connectivity index (χ0n) is 13.7. The summed E-state index contributed by atoms with van der Waals surface area (Å²) in [5.41, 5.74) is 2.88. The molecule has 0 radical (unpaired) electrons. The Morgan fingerprint density at radius 3 is 2.40 bits per heavy atom. The van der Waals surface area contributed by atoms with Crippen LogP contribution in [0.15, 0.2) is 12.1 Å². The predicted octanol–water partition coefficient (Wildman–Crippen LogP) is 4.75. The molecule has 2 atom stereocenters. The number of aryl methyl sites for hydroxylation is 1. The van der Waals surface area contributed by atoms with Crippen LogP contribution < -0.4 is 4.74 Å². The van der Waals surface area contributed by atoms with Gasteiger partial charge in [0.05, 0.1) is 7.11 Å². The summed E-state index contributed by atoms with van der Waals surface area (Å²) in [4.78, 5) is 0. The summed E-state index contributed by atoms with van der Waals surface area (Å²) in [7, 11) is 1.62. The van der Waals surface area contributed by atoms with Crippen molar-refractivity contribution in [3.63, 3.8) is 0 Å². The molecule has 0 saturated carbocycles. The van der Waals surface area contributed by atoms with E-state index in [4.69, 9.17) is 4.74 Å². The second-order valence-corrected chi connectivity index (χ2v) is 7.51. The normalized spacial score (nSPS) is 22.8. The number of methoxy groups -OCH3 is 1. The Balaban J connectivity index is 2.56. The fourth-order valence-electron chi connectivity index (χ4n) is 3.84. The summed E-state index contributed by atoms with van der Waals surface area (Å²) in [5.74, 6) is 2.74. The maximum absolute atomic E-state index is 10.0. The molecule has 0 heterocycles. The number of rotatable bonds is 2. The molecule has 1 aliphatic carbocycles. The Labute approximate surface area is 123 Å². The molecule has 20 heavy (non-hydrogen) atoms. The lowest BCUT2D eigenvalue weighted by Crippen LogP contribution is -2.33. The van der Waals surface area contributed by atoms with Gasteiger partial charge in [0.25, 0.3) is 0 Å². The van der Waals surface area contributed by atoms with Crippen LogP contribution in [0.4, 0.5) is 0 Å². The lowest BCUT2D eigenvalue weighted by Gasteiger charge is -2.44. The summed E-state index contributed by atoms with van der Waals surface area (Å²) in [6.07, 6.45) is 2.26. The van der Waals surface area contributed by atoms with Crippen molar-refractivity contribution < 1.29 is 9.84 Å². The standard InChI is InChI=1S/C18H28O2/c1-11(2)13-8-7-12-9-15(19)16(20-6)10-14(12)17(13)18(3,4)5/h9-11,13,17,19H,7-8H2,1-6H3. The fourth-order valence-corrected chi connectivity index (χ4v) is 3.84. The van der Waals surface area contributed by atoms with Crippen molar-refractivity contribution in [3.8, 4) is 11.5 Å². The van der Waals surface area contributed by atoms with Crippen molar-refractivity contribution in [1.29, 1.82) is 0 Å². The van der Waals surface area contributed by atoms with E-state index < -0.39 is 0 Å². The number of aromatic hydroxyl groups is 1. The van der Waals surface area contributed by atoms with Crippen LogP contribution in [0.25, 0.3) is 0 Å². The molecule has 0 aliphatic heterocycles. The second kappa shape index (κ2) is 5.31. The maximum atomic E-state index is 10.0. The maximum Gasteiger partial charge on any atom is 0.160 e. The van der Waals surface area contributed by atoms with Gasteiger partial charge in [0.2, 0.25) is 0 Å². The van der Waals surface area contributed by atoms with Crippen LogP contribution in [0.1, 0.15) is 58.1 Å². The molecule has 2 nitrogen and oxygen atoms in total. The minimum absolute atomic E-state index is 0.214. The van der Waals surface area contributed by atoms with Crippen molar-refractivity contribution >= 4 is 0 Å². The molecule has 0 aromatic heterocycles. The number of phenols is 1. The Morgan fingerprint density at radius 2 is 1.90 bits per heavy atom. The largest absolute Gasteiger partial charge is 0.504 e. The van der Waals surface area contributed by atoms with Gasteiger partial charge in [-0.05, 0) is 59.3 Å². The highest BCUT2D eigenvalue weighted by Gasteiger charge is 2.39. The first-order valence-corrected chi connectivity index (χ1v) is 7.65. The number of hydrogen-bond acceptors (Lipinski definition) is 2. The summed E-state index contributed by atoms with van der Waals surface area (Å²) >= 11 is 0. The predicted molar refractivity (Wildman–Crippen MR) is 83.5 cm³/mol. The minimum atomic E-state index is 0.214. The first kappa shape index (κ1) is 15.2. The molecule has 1 N–H and O–H groups in total. The van der Waals surface area contributed by atoms with Crippen LogP contribution in [-0.4, -0.2) is 12.2 Å². The molecule has 2 rings (SSSR count). The van der Waals surface area contributed by atoms with Crippen molar-refractivity contribution in [2.75, 3.05) is 7.11 Å². The van der Waals surface area contributed by atoms with Crippen molar-refractivity contribution in [2.24, 2.45) is 17.3 Å². The average molecular weight is 276 g/mol. The van der Waals surface area contributed by atoms with E-state index in [1.54, 1.807) is 7.11 Å². The molecule has 1 aliphatic rings. The van der Waals surface area contributed by atoms with Crippen LogP contribution in [0.3, 0.4) is 0 Å². The topological polar surface area (TPSA) is 29.5 Å². The van der Waals surface area contributed by atoms with Gasteiger partial charge in [0.15, 0.2) is 11.5 Å². The smallest absolute Gasteiger partial charge is 0.160 e. The van der Waals surface area contributed by atoms with Gasteiger partial charge in [-0.3, -0.25) is 0 Å². The highest BCUT2D eigenvalue weighted by atomic mass is 16.5. The quantitative estimate of drug-likeness (QED) is 0.844. The van der Waals surface area contributed by atoms with E-state index in [1.165, 1.54) is 17.5 Å². The highest BCUT2D eigenvalue weighted by molar-refractivity contribution is 5.49. The van der Waals surface area contributed by atoms with Gasteiger partial charge >= 0.3 is 0 Å². The highest BCUT2D eigenvalue weighted by Crippen LogP contribution is 2.51. The lowest BCUT2D eigenvalue weighted by molar-refractivity contribution is 0.169. The number of benzene rings is 1. The summed E-state index contributed by atoms with van der Waals surface area (Å²) < 4.78 is 5.32. The Hall–Kier alpha value is -1.18. The van der Waals surface area contributed by atoms with Gasteiger partial charge in [-0.15, -0.1) is 0 Å². The van der Waals surface area contributed by atoms with Crippen molar-refractivity contribution in [2.45, 2.75) is 53.4 Å². The SMILES string of the molecule is COc1cc2c(cc1O)CCC(C(C)C)C2C(C)(C)C. The van der Waals surface area contributed by atoms with Gasteiger partial charge in [0, 0.05) is 0 Å². The molecule has 0 fully saturated rings. The molecule has 2 unspecified atom stereocenters. The second-order valence-electron chi connectivity index (χ2n) is 7.51. The molecule has 112 valence electrons. The van der Waals surface area contributed by atoms with Gasteiger partial charge in [-0.1, -0.05) is 34.6 Å². The van der Waals surface area contributed by atoms with E-state index in [0.29, 0.717) is 23.5 Å². The third kappa shape index (κ3) is 2.65. The summed E-state index contributed by atoms with van der Waals surface area (Å²) in [6, 6.07) is 3.97. The van der Waals surface area contributed by atoms with Crippen LogP contribution >= 0.6 is 0 Å². The molecule has 2 heteroatoms. The lowest BCUT2D eigenvalue weighted by atomic mass is 9.61. The zero-order chi connectivity index (χ0) is 15.1. The molecule has 1 aromatic carbocycles. The fraction of sp³-hybridized carbons (Fsp3) is 0.667. The van der Waals surface area contributed by atoms with Gasteiger partial charge in [-0.2, -0.15) is 0 Å². The Morgan fingerprint density at radius 1 is 1.25 bits per heavy atom. The Kier molecular flexibility index (Phi) is 4.04. The first-order valence-electron chi connectivity index (χ1n) is 7.65. The minimum Gasteiger partial charge on any atom is -0.504 e. The molecule has 0 amide bonds. The number of hydrogen-bond donors (Lipinski definition) is 1. The van der Waals surface area contributed by atoms with E-state index in [1.807, 2.05) is 6.07 Å². The molecule has 1 aromatic rings. The third-order valence-corrected chi connectivity index (χ3v) is 4.74. The molecular weight excluding hydrogens is 248 g/mol.